The van der Waals surface area contributed by atoms with E-state index in [1.165, 1.54) is 42.6 Å². The molecule has 2 aromatic carbocycles. The molecule has 2 heterocycles. The summed E-state index contributed by atoms with van der Waals surface area (Å²) < 4.78 is 29.1. The van der Waals surface area contributed by atoms with Crippen LogP contribution in [0.5, 0.6) is 0 Å². The van der Waals surface area contributed by atoms with E-state index in [2.05, 4.69) is 10.3 Å². The Morgan fingerprint density at radius 3 is 2.53 bits per heavy atom. The third-order valence-corrected chi connectivity index (χ3v) is 4.88. The van der Waals surface area contributed by atoms with Crippen LogP contribution in [-0.2, 0) is 19.6 Å². The molecule has 2 aromatic heterocycles. The van der Waals surface area contributed by atoms with Gasteiger partial charge >= 0.3 is 5.97 Å². The number of nitrogens with zero attached hydrogens (tertiary/aromatic N) is 2. The fraction of sp³-hybridized carbons (Fsp3) is 0.130. The summed E-state index contributed by atoms with van der Waals surface area (Å²) in [6.07, 6.45) is 3.41. The van der Waals surface area contributed by atoms with Crippen molar-refractivity contribution in [2.75, 3.05) is 0 Å². The summed E-state index contributed by atoms with van der Waals surface area (Å²) in [7, 11) is 0. The van der Waals surface area contributed by atoms with Crippen molar-refractivity contribution in [1.29, 1.82) is 0 Å². The minimum Gasteiger partial charge on any atom is -0.478 e. The zero-order valence-corrected chi connectivity index (χ0v) is 16.0. The highest BCUT2D eigenvalue weighted by Crippen LogP contribution is 2.24. The van der Waals surface area contributed by atoms with E-state index >= 15 is 0 Å². The summed E-state index contributed by atoms with van der Waals surface area (Å²) in [6.45, 7) is 1.36. The van der Waals surface area contributed by atoms with E-state index in [0.717, 1.165) is 22.0 Å². The van der Waals surface area contributed by atoms with Crippen LogP contribution >= 0.6 is 0 Å². The van der Waals surface area contributed by atoms with Crippen molar-refractivity contribution in [2.45, 2.75) is 19.6 Å². The number of rotatable bonds is 7. The van der Waals surface area contributed by atoms with Crippen LogP contribution in [0, 0.1) is 11.6 Å². The molecule has 0 aliphatic carbocycles. The van der Waals surface area contributed by atoms with Crippen molar-refractivity contribution in [3.63, 3.8) is 0 Å². The Morgan fingerprint density at radius 2 is 1.77 bits per heavy atom. The van der Waals surface area contributed by atoms with Gasteiger partial charge in [0.15, 0.2) is 0 Å². The van der Waals surface area contributed by atoms with Gasteiger partial charge < -0.3 is 15.0 Å². The number of aromatic carboxylic acids is 1. The van der Waals surface area contributed by atoms with Gasteiger partial charge in [-0.15, -0.1) is 0 Å². The molecule has 7 heteroatoms. The molecule has 0 saturated heterocycles. The molecule has 0 unspecified atom stereocenters. The van der Waals surface area contributed by atoms with Crippen LogP contribution in [0.1, 0.15) is 27.2 Å². The lowest BCUT2D eigenvalue weighted by molar-refractivity contribution is 0.0696. The molecule has 0 spiro atoms. The molecule has 0 aliphatic heterocycles. The average molecular weight is 407 g/mol. The monoisotopic (exact) mass is 407 g/mol. The van der Waals surface area contributed by atoms with Gasteiger partial charge in [0, 0.05) is 42.9 Å². The second-order valence-corrected chi connectivity index (χ2v) is 7.01. The van der Waals surface area contributed by atoms with E-state index in [4.69, 9.17) is 5.11 Å². The molecule has 4 aromatic rings. The molecular formula is C23H19F2N3O2. The number of halogens is 2. The third-order valence-electron chi connectivity index (χ3n) is 4.88. The smallest absolute Gasteiger partial charge is 0.335 e. The summed E-state index contributed by atoms with van der Waals surface area (Å²) in [5.41, 5.74) is 3.51. The number of hydrogen-bond donors (Lipinski definition) is 2. The number of carboxylic acid groups (broad SMARTS) is 1. The molecule has 0 radical (unpaired) electrons. The lowest BCUT2D eigenvalue weighted by atomic mass is 10.1. The fourth-order valence-electron chi connectivity index (χ4n) is 3.43. The molecule has 0 fully saturated rings. The van der Waals surface area contributed by atoms with Crippen LogP contribution < -0.4 is 5.32 Å². The van der Waals surface area contributed by atoms with E-state index < -0.39 is 5.97 Å². The van der Waals surface area contributed by atoms with Gasteiger partial charge in [-0.25, -0.2) is 13.6 Å². The van der Waals surface area contributed by atoms with Crippen molar-refractivity contribution in [3.8, 4) is 0 Å². The second kappa shape index (κ2) is 8.42. The Labute approximate surface area is 171 Å². The molecule has 0 bridgehead atoms. The highest BCUT2D eigenvalue weighted by Gasteiger charge is 2.11. The van der Waals surface area contributed by atoms with Gasteiger partial charge in [-0.3, -0.25) is 4.98 Å². The molecule has 5 nitrogen and oxygen atoms in total. The highest BCUT2D eigenvalue weighted by atomic mass is 19.1. The van der Waals surface area contributed by atoms with Crippen LogP contribution in [0.25, 0.3) is 10.9 Å². The van der Waals surface area contributed by atoms with Gasteiger partial charge in [-0.05, 0) is 53.6 Å². The predicted molar refractivity (Wildman–Crippen MR) is 109 cm³/mol. The van der Waals surface area contributed by atoms with Gasteiger partial charge in [0.25, 0.3) is 0 Å². The van der Waals surface area contributed by atoms with E-state index in [1.807, 2.05) is 10.8 Å². The Balaban J connectivity index is 1.54. The number of hydrogen-bond acceptors (Lipinski definition) is 3. The number of benzene rings is 2. The van der Waals surface area contributed by atoms with E-state index in [1.54, 1.807) is 18.2 Å². The van der Waals surface area contributed by atoms with E-state index in [-0.39, 0.29) is 17.2 Å². The zero-order chi connectivity index (χ0) is 21.1. The minimum absolute atomic E-state index is 0.180. The summed E-state index contributed by atoms with van der Waals surface area (Å²) in [5.74, 6) is -1.61. The molecular weight excluding hydrogens is 388 g/mol. The second-order valence-electron chi connectivity index (χ2n) is 7.01. The van der Waals surface area contributed by atoms with Gasteiger partial charge in [-0.2, -0.15) is 0 Å². The molecule has 4 rings (SSSR count). The number of aromatic nitrogens is 2. The first-order valence-corrected chi connectivity index (χ1v) is 9.40. The number of carboxylic acids is 1. The number of nitrogens with one attached hydrogen (secondary N) is 1. The standard InChI is InChI=1S/C23H19F2N3O2/c24-18-3-1-15(2-4-18)13-28-14-17(21-10-19(25)5-6-22(21)28)11-26-12-20-9-16(23(29)30)7-8-27-20/h1-10,14,26H,11-13H2,(H,29,30). The maximum atomic E-state index is 13.9. The molecule has 2 N–H and O–H groups in total. The van der Waals surface area contributed by atoms with Gasteiger partial charge in [0.2, 0.25) is 0 Å². The van der Waals surface area contributed by atoms with Gasteiger partial charge in [0.05, 0.1) is 11.3 Å². The fourth-order valence-corrected chi connectivity index (χ4v) is 3.43. The number of pyridine rings is 1. The average Bonchev–Trinajstić information content (AvgIpc) is 3.06. The minimum atomic E-state index is -1.00. The van der Waals surface area contributed by atoms with Crippen molar-refractivity contribution < 1.29 is 18.7 Å². The van der Waals surface area contributed by atoms with Crippen LogP contribution in [0.4, 0.5) is 8.78 Å². The van der Waals surface area contributed by atoms with E-state index in [9.17, 15) is 13.6 Å². The number of fused-ring (bicyclic) bond motifs is 1. The molecule has 0 amide bonds. The largest absolute Gasteiger partial charge is 0.478 e. The topological polar surface area (TPSA) is 67.2 Å². The van der Waals surface area contributed by atoms with Gasteiger partial charge in [-0.1, -0.05) is 12.1 Å². The van der Waals surface area contributed by atoms with Crippen molar-refractivity contribution in [1.82, 2.24) is 14.9 Å². The first-order valence-electron chi connectivity index (χ1n) is 9.40. The first kappa shape index (κ1) is 19.7. The van der Waals surface area contributed by atoms with Gasteiger partial charge in [0.1, 0.15) is 11.6 Å². The normalized spacial score (nSPS) is 11.1. The first-order chi connectivity index (χ1) is 14.5. The van der Waals surface area contributed by atoms with Crippen LogP contribution in [0.3, 0.4) is 0 Å². The molecule has 0 atom stereocenters. The summed E-state index contributed by atoms with van der Waals surface area (Å²) >= 11 is 0. The van der Waals surface area contributed by atoms with Crippen molar-refractivity contribution in [3.05, 3.63) is 101 Å². The number of carbonyl (C=O) groups is 1. The molecule has 0 saturated carbocycles. The summed E-state index contributed by atoms with van der Waals surface area (Å²) in [6, 6.07) is 13.9. The van der Waals surface area contributed by atoms with Crippen LogP contribution in [0.15, 0.2) is 67.0 Å². The third kappa shape index (κ3) is 4.36. The lowest BCUT2D eigenvalue weighted by Gasteiger charge is -2.05. The SMILES string of the molecule is O=C(O)c1ccnc(CNCc2cn(Cc3ccc(F)cc3)c3ccc(F)cc23)c1. The quantitative estimate of drug-likeness (QED) is 0.478. The highest BCUT2D eigenvalue weighted by molar-refractivity contribution is 5.87. The molecule has 152 valence electrons. The Morgan fingerprint density at radius 1 is 1.00 bits per heavy atom. The zero-order valence-electron chi connectivity index (χ0n) is 16.0. The Kier molecular flexibility index (Phi) is 5.54. The Hall–Kier alpha value is -3.58. The van der Waals surface area contributed by atoms with E-state index in [0.29, 0.717) is 25.3 Å². The molecule has 30 heavy (non-hydrogen) atoms. The lowest BCUT2D eigenvalue weighted by Crippen LogP contribution is -2.14. The summed E-state index contributed by atoms with van der Waals surface area (Å²) in [5, 5.41) is 13.1. The van der Waals surface area contributed by atoms with Crippen molar-refractivity contribution >= 4 is 16.9 Å². The van der Waals surface area contributed by atoms with Crippen LogP contribution in [-0.4, -0.2) is 20.6 Å². The van der Waals surface area contributed by atoms with Crippen molar-refractivity contribution in [2.24, 2.45) is 0 Å². The van der Waals surface area contributed by atoms with Crippen LogP contribution in [0.2, 0.25) is 0 Å². The Bertz CT molecular complexity index is 1200. The summed E-state index contributed by atoms with van der Waals surface area (Å²) in [4.78, 5) is 15.3. The maximum absolute atomic E-state index is 13.9. The predicted octanol–water partition coefficient (Wildman–Crippen LogP) is 4.35. The molecule has 0 aliphatic rings. The maximum Gasteiger partial charge on any atom is 0.335 e.